The summed E-state index contributed by atoms with van der Waals surface area (Å²) in [7, 11) is 4.20. The van der Waals surface area contributed by atoms with Crippen LogP contribution in [0, 0.1) is 11.3 Å². The normalized spacial score (nSPS) is 26.2. The Labute approximate surface area is 285 Å². The monoisotopic (exact) mass is 652 g/mol. The average molecular weight is 653 g/mol. The number of likely N-dealkylation sites (tertiary alicyclic amines) is 1. The fraction of sp³-hybridized carbons (Fsp3) is 0.579. The van der Waals surface area contributed by atoms with Crippen LogP contribution in [0.4, 0.5) is 34.8 Å². The first kappa shape index (κ1) is 32.8. The number of benzene rings is 1. The zero-order valence-corrected chi connectivity index (χ0v) is 30.0. The van der Waals surface area contributed by atoms with Gasteiger partial charge in [0.1, 0.15) is 17.5 Å². The molecule has 256 valence electrons. The fourth-order valence-corrected chi connectivity index (χ4v) is 8.40. The fourth-order valence-electron chi connectivity index (χ4n) is 8.40. The molecule has 2 aromatic heterocycles. The number of aromatic nitrogens is 3. The van der Waals surface area contributed by atoms with Gasteiger partial charge < -0.3 is 24.8 Å². The number of anilines is 6. The van der Waals surface area contributed by atoms with Crippen LogP contribution in [0.1, 0.15) is 72.8 Å². The highest BCUT2D eigenvalue weighted by Gasteiger charge is 2.50. The summed E-state index contributed by atoms with van der Waals surface area (Å²) in [4.78, 5) is 36.9. The number of hydrogen-bond donors (Lipinski definition) is 1. The third-order valence-electron chi connectivity index (χ3n) is 11.5. The SMILES string of the molecule is CC1C[C@@](C)(c2cnc(Nc3ccc(N4CC5(CN(C)C5)C4)cc3)nc2N(C)c2cccc(N3C(=O)CCCC3(C)C)n2)COC1(C)C. The largest absolute Gasteiger partial charge is 0.374 e. The molecule has 7 rings (SSSR count). The highest BCUT2D eigenvalue weighted by atomic mass is 16.5. The highest BCUT2D eigenvalue weighted by molar-refractivity contribution is 5.94. The third-order valence-corrected chi connectivity index (χ3v) is 11.5. The lowest BCUT2D eigenvalue weighted by atomic mass is 9.70. The Morgan fingerprint density at radius 3 is 2.38 bits per heavy atom. The first-order valence-corrected chi connectivity index (χ1v) is 17.5. The van der Waals surface area contributed by atoms with Gasteiger partial charge in [0.05, 0.1) is 12.2 Å². The van der Waals surface area contributed by atoms with Gasteiger partial charge in [-0.3, -0.25) is 9.69 Å². The van der Waals surface area contributed by atoms with Crippen LogP contribution in [0.5, 0.6) is 0 Å². The summed E-state index contributed by atoms with van der Waals surface area (Å²) in [5, 5.41) is 3.46. The van der Waals surface area contributed by atoms with E-state index in [-0.39, 0.29) is 22.5 Å². The van der Waals surface area contributed by atoms with Gasteiger partial charge in [-0.2, -0.15) is 4.98 Å². The van der Waals surface area contributed by atoms with Crippen LogP contribution in [0.3, 0.4) is 0 Å². The molecule has 4 aliphatic rings. The van der Waals surface area contributed by atoms with E-state index in [0.29, 0.717) is 36.1 Å². The first-order chi connectivity index (χ1) is 22.7. The molecular formula is C38H52N8O2. The molecule has 4 fully saturated rings. The molecule has 4 aliphatic heterocycles. The molecule has 4 saturated heterocycles. The first-order valence-electron chi connectivity index (χ1n) is 17.5. The predicted octanol–water partition coefficient (Wildman–Crippen LogP) is 6.52. The Kier molecular flexibility index (Phi) is 7.98. The standard InChI is InChI=1S/C38H52N8O2/c1-26-19-37(6,25-48-36(26,4)5)29-20-39-34(40-27-14-16-28(17-15-27)45-23-38(24-45)21-43(7)22-38)42-33(29)44(8)30-11-9-12-31(41-30)46-32(47)13-10-18-35(46,2)3/h9,11-12,14-17,20,26H,10,13,18-19,21-25H2,1-8H3,(H,39,40,42)/t26?,37-/m1/s1. The number of piperidine rings is 1. The van der Waals surface area contributed by atoms with Crippen molar-refractivity contribution in [1.29, 1.82) is 0 Å². The van der Waals surface area contributed by atoms with Crippen molar-refractivity contribution in [2.75, 3.05) is 66.9 Å². The Morgan fingerprint density at radius 1 is 0.979 bits per heavy atom. The molecule has 10 nitrogen and oxygen atoms in total. The van der Waals surface area contributed by atoms with Gasteiger partial charge in [-0.25, -0.2) is 9.97 Å². The van der Waals surface area contributed by atoms with Crippen molar-refractivity contribution in [3.05, 3.63) is 54.2 Å². The molecule has 1 spiro atoms. The van der Waals surface area contributed by atoms with Gasteiger partial charge in [0.25, 0.3) is 0 Å². The second kappa shape index (κ2) is 11.7. The number of nitrogens with one attached hydrogen (secondary N) is 1. The van der Waals surface area contributed by atoms with Gasteiger partial charge in [-0.1, -0.05) is 19.9 Å². The third kappa shape index (κ3) is 5.91. The summed E-state index contributed by atoms with van der Waals surface area (Å²) in [5.41, 5.74) is 2.90. The summed E-state index contributed by atoms with van der Waals surface area (Å²) in [6, 6.07) is 14.5. The zero-order chi connectivity index (χ0) is 34.1. The summed E-state index contributed by atoms with van der Waals surface area (Å²) in [5.74, 6) is 3.13. The van der Waals surface area contributed by atoms with E-state index in [1.54, 1.807) is 0 Å². The molecule has 1 aromatic carbocycles. The van der Waals surface area contributed by atoms with Crippen molar-refractivity contribution in [1.82, 2.24) is 19.9 Å². The van der Waals surface area contributed by atoms with Crippen LogP contribution >= 0.6 is 0 Å². The molecule has 48 heavy (non-hydrogen) atoms. The smallest absolute Gasteiger partial charge is 0.229 e. The maximum atomic E-state index is 13.1. The van der Waals surface area contributed by atoms with Crippen molar-refractivity contribution in [2.24, 2.45) is 11.3 Å². The van der Waals surface area contributed by atoms with E-state index in [1.165, 1.54) is 18.8 Å². The summed E-state index contributed by atoms with van der Waals surface area (Å²) >= 11 is 0. The molecule has 1 N–H and O–H groups in total. The van der Waals surface area contributed by atoms with E-state index in [1.807, 2.05) is 41.2 Å². The van der Waals surface area contributed by atoms with Crippen LogP contribution < -0.4 is 20.0 Å². The van der Waals surface area contributed by atoms with E-state index in [0.717, 1.165) is 55.2 Å². The number of carbonyl (C=O) groups excluding carboxylic acids is 1. The van der Waals surface area contributed by atoms with Crippen LogP contribution in [0.15, 0.2) is 48.7 Å². The molecule has 1 unspecified atom stereocenters. The Balaban J connectivity index is 1.18. The summed E-state index contributed by atoms with van der Waals surface area (Å²) in [6.45, 7) is 18.3. The van der Waals surface area contributed by atoms with Crippen LogP contribution in [0.2, 0.25) is 0 Å². The van der Waals surface area contributed by atoms with Gasteiger partial charge in [-0.05, 0) is 96.3 Å². The molecule has 0 aliphatic carbocycles. The van der Waals surface area contributed by atoms with Crippen LogP contribution in [-0.2, 0) is 14.9 Å². The number of carbonyl (C=O) groups is 1. The molecule has 10 heteroatoms. The van der Waals surface area contributed by atoms with Crippen LogP contribution in [-0.4, -0.2) is 83.8 Å². The van der Waals surface area contributed by atoms with Crippen molar-refractivity contribution in [3.63, 3.8) is 0 Å². The number of nitrogens with zero attached hydrogens (tertiary/aromatic N) is 7. The van der Waals surface area contributed by atoms with Crippen molar-refractivity contribution in [2.45, 2.75) is 83.8 Å². The molecule has 2 atom stereocenters. The van der Waals surface area contributed by atoms with E-state index in [4.69, 9.17) is 19.7 Å². The lowest BCUT2D eigenvalue weighted by molar-refractivity contribution is -0.121. The zero-order valence-electron chi connectivity index (χ0n) is 30.0. The van der Waals surface area contributed by atoms with E-state index < -0.39 is 0 Å². The number of hydrogen-bond acceptors (Lipinski definition) is 9. The highest BCUT2D eigenvalue weighted by Crippen LogP contribution is 2.46. The number of ether oxygens (including phenoxy) is 1. The average Bonchev–Trinajstić information content (AvgIpc) is 3.00. The Hall–Kier alpha value is -3.76. The maximum absolute atomic E-state index is 13.1. The van der Waals surface area contributed by atoms with Gasteiger partial charge in [0.2, 0.25) is 11.9 Å². The lowest BCUT2D eigenvalue weighted by Crippen LogP contribution is -2.71. The topological polar surface area (TPSA) is 90.0 Å². The molecule has 6 heterocycles. The van der Waals surface area contributed by atoms with Crippen molar-refractivity contribution >= 4 is 40.7 Å². The van der Waals surface area contributed by atoms with E-state index in [2.05, 4.69) is 88.0 Å². The molecule has 1 amide bonds. The summed E-state index contributed by atoms with van der Waals surface area (Å²) in [6.07, 6.45) is 5.28. The molecule has 0 radical (unpaired) electrons. The quantitative estimate of drug-likeness (QED) is 0.306. The number of rotatable bonds is 7. The van der Waals surface area contributed by atoms with Gasteiger partial charge in [0.15, 0.2) is 0 Å². The van der Waals surface area contributed by atoms with Gasteiger partial charge >= 0.3 is 0 Å². The van der Waals surface area contributed by atoms with E-state index in [9.17, 15) is 4.79 Å². The maximum Gasteiger partial charge on any atom is 0.229 e. The molecule has 3 aromatic rings. The minimum atomic E-state index is -0.301. The van der Waals surface area contributed by atoms with Crippen LogP contribution in [0.25, 0.3) is 0 Å². The Bertz CT molecular complexity index is 1680. The minimum absolute atomic E-state index is 0.117. The summed E-state index contributed by atoms with van der Waals surface area (Å²) < 4.78 is 6.46. The minimum Gasteiger partial charge on any atom is -0.374 e. The van der Waals surface area contributed by atoms with Gasteiger partial charge in [-0.15, -0.1) is 0 Å². The predicted molar refractivity (Wildman–Crippen MR) is 193 cm³/mol. The van der Waals surface area contributed by atoms with Gasteiger partial charge in [0, 0.05) is 79.2 Å². The molecule has 0 bridgehead atoms. The number of amides is 1. The molecule has 0 saturated carbocycles. The Morgan fingerprint density at radius 2 is 1.71 bits per heavy atom. The van der Waals surface area contributed by atoms with Crippen molar-refractivity contribution < 1.29 is 9.53 Å². The second-order valence-electron chi connectivity index (χ2n) is 16.5. The lowest BCUT2D eigenvalue weighted by Gasteiger charge is -2.60. The molecular weight excluding hydrogens is 600 g/mol. The van der Waals surface area contributed by atoms with Crippen molar-refractivity contribution in [3.8, 4) is 0 Å². The van der Waals surface area contributed by atoms with E-state index >= 15 is 0 Å². The number of pyridine rings is 1. The second-order valence-corrected chi connectivity index (χ2v) is 16.5.